The molecule has 3 rings (SSSR count). The lowest BCUT2D eigenvalue weighted by Crippen LogP contribution is -2.28. The third-order valence-electron chi connectivity index (χ3n) is 3.93. The van der Waals surface area contributed by atoms with Gasteiger partial charge in [-0.25, -0.2) is 0 Å². The number of fused-ring (bicyclic) bond motifs is 1. The van der Waals surface area contributed by atoms with Crippen molar-refractivity contribution in [2.24, 2.45) is 0 Å². The van der Waals surface area contributed by atoms with E-state index in [-0.39, 0.29) is 0 Å². The fraction of sp³-hybridized carbons (Fsp3) is 0.500. The molecule has 1 aromatic rings. The first-order valence-corrected chi connectivity index (χ1v) is 7.05. The Balaban J connectivity index is 1.71. The van der Waals surface area contributed by atoms with Gasteiger partial charge in [-0.15, -0.1) is 0 Å². The van der Waals surface area contributed by atoms with Crippen molar-refractivity contribution in [1.82, 2.24) is 4.90 Å². The number of aryl methyl sites for hydroxylation is 1. The van der Waals surface area contributed by atoms with Crippen LogP contribution < -0.4 is 5.32 Å². The highest BCUT2D eigenvalue weighted by molar-refractivity contribution is 5.54. The van der Waals surface area contributed by atoms with Gasteiger partial charge in [0.2, 0.25) is 0 Å². The van der Waals surface area contributed by atoms with Crippen LogP contribution in [0.2, 0.25) is 0 Å². The topological polar surface area (TPSA) is 15.3 Å². The lowest BCUT2D eigenvalue weighted by Gasteiger charge is -2.27. The first-order valence-electron chi connectivity index (χ1n) is 7.05. The molecule has 2 aliphatic rings. The van der Waals surface area contributed by atoms with Crippen LogP contribution in [0.25, 0.3) is 0 Å². The Labute approximate surface area is 110 Å². The quantitative estimate of drug-likeness (QED) is 0.801. The van der Waals surface area contributed by atoms with Crippen molar-refractivity contribution in [1.29, 1.82) is 0 Å². The van der Waals surface area contributed by atoms with Crippen LogP contribution >= 0.6 is 0 Å². The molecule has 2 heterocycles. The summed E-state index contributed by atoms with van der Waals surface area (Å²) in [6.45, 7) is 6.80. The van der Waals surface area contributed by atoms with Crippen LogP contribution in [-0.4, -0.2) is 24.5 Å². The third kappa shape index (κ3) is 2.59. The Hall–Kier alpha value is -1.28. The summed E-state index contributed by atoms with van der Waals surface area (Å²) in [5.41, 5.74) is 5.83. The summed E-state index contributed by atoms with van der Waals surface area (Å²) in [6.07, 6.45) is 6.07. The van der Waals surface area contributed by atoms with Crippen LogP contribution in [0.5, 0.6) is 0 Å². The summed E-state index contributed by atoms with van der Waals surface area (Å²) in [4.78, 5) is 2.55. The summed E-state index contributed by atoms with van der Waals surface area (Å²) >= 11 is 0. The van der Waals surface area contributed by atoms with Crippen molar-refractivity contribution in [2.45, 2.75) is 32.7 Å². The summed E-state index contributed by atoms with van der Waals surface area (Å²) in [5.74, 6) is 0. The van der Waals surface area contributed by atoms with Crippen LogP contribution in [0, 0.1) is 0 Å². The van der Waals surface area contributed by atoms with Gasteiger partial charge < -0.3 is 5.32 Å². The third-order valence-corrected chi connectivity index (χ3v) is 3.93. The maximum absolute atomic E-state index is 3.48. The summed E-state index contributed by atoms with van der Waals surface area (Å²) < 4.78 is 0. The second-order valence-electron chi connectivity index (χ2n) is 5.57. The minimum Gasteiger partial charge on any atom is -0.385 e. The lowest BCUT2D eigenvalue weighted by atomic mass is 10.0. The molecule has 2 aliphatic heterocycles. The van der Waals surface area contributed by atoms with Crippen molar-refractivity contribution in [3.63, 3.8) is 0 Å². The number of anilines is 1. The Morgan fingerprint density at radius 2 is 2.28 bits per heavy atom. The molecule has 1 aromatic carbocycles. The number of benzene rings is 1. The lowest BCUT2D eigenvalue weighted by molar-refractivity contribution is 0.282. The van der Waals surface area contributed by atoms with Gasteiger partial charge in [-0.05, 0) is 43.4 Å². The fourth-order valence-electron chi connectivity index (χ4n) is 3.01. The largest absolute Gasteiger partial charge is 0.385 e. The summed E-state index contributed by atoms with van der Waals surface area (Å²) in [7, 11) is 0. The molecule has 0 saturated heterocycles. The van der Waals surface area contributed by atoms with E-state index in [9.17, 15) is 0 Å². The molecule has 0 radical (unpaired) electrons. The van der Waals surface area contributed by atoms with Crippen molar-refractivity contribution in [3.8, 4) is 0 Å². The molecule has 2 nitrogen and oxygen atoms in total. The molecule has 0 aliphatic carbocycles. The maximum atomic E-state index is 3.48. The van der Waals surface area contributed by atoms with Gasteiger partial charge >= 0.3 is 0 Å². The van der Waals surface area contributed by atoms with E-state index in [1.54, 1.807) is 0 Å². The van der Waals surface area contributed by atoms with Gasteiger partial charge in [0.15, 0.2) is 0 Å². The average molecular weight is 242 g/mol. The molecule has 0 aromatic heterocycles. The minimum absolute atomic E-state index is 1.10. The highest BCUT2D eigenvalue weighted by Crippen LogP contribution is 2.24. The zero-order valence-corrected chi connectivity index (χ0v) is 11.2. The van der Waals surface area contributed by atoms with E-state index in [2.05, 4.69) is 41.4 Å². The monoisotopic (exact) mass is 242 g/mol. The second-order valence-corrected chi connectivity index (χ2v) is 5.57. The van der Waals surface area contributed by atoms with E-state index < -0.39 is 0 Å². The zero-order valence-electron chi connectivity index (χ0n) is 11.2. The number of rotatable bonds is 2. The highest BCUT2D eigenvalue weighted by atomic mass is 15.1. The molecule has 1 N–H and O–H groups in total. The molecule has 0 spiro atoms. The standard InChI is InChI=1S/C16H22N2/c1-13-4-3-9-18(11-13)12-14-6-7-16-15(10-14)5-2-8-17-16/h4,6-7,10,17H,2-3,5,8-9,11-12H2,1H3. The first kappa shape index (κ1) is 11.8. The SMILES string of the molecule is CC1=CCCN(Cc2ccc3c(c2)CCCN3)C1. The molecule has 0 atom stereocenters. The van der Waals surface area contributed by atoms with Gasteiger partial charge in [-0.1, -0.05) is 23.8 Å². The number of nitrogens with one attached hydrogen (secondary N) is 1. The van der Waals surface area contributed by atoms with Crippen molar-refractivity contribution in [2.75, 3.05) is 25.0 Å². The number of nitrogens with zero attached hydrogens (tertiary/aromatic N) is 1. The smallest absolute Gasteiger partial charge is 0.0372 e. The van der Waals surface area contributed by atoms with Gasteiger partial charge in [0.25, 0.3) is 0 Å². The molecule has 0 fully saturated rings. The van der Waals surface area contributed by atoms with Gasteiger partial charge in [-0.3, -0.25) is 4.90 Å². The molecule has 2 heteroatoms. The molecule has 18 heavy (non-hydrogen) atoms. The predicted octanol–water partition coefficient (Wildman–Crippen LogP) is 3.20. The molecule has 96 valence electrons. The summed E-state index contributed by atoms with van der Waals surface area (Å²) in [5, 5.41) is 3.48. The van der Waals surface area contributed by atoms with Crippen LogP contribution in [0.15, 0.2) is 29.8 Å². The molecular weight excluding hydrogens is 220 g/mol. The summed E-state index contributed by atoms with van der Waals surface area (Å²) in [6, 6.07) is 6.94. The van der Waals surface area contributed by atoms with Gasteiger partial charge in [-0.2, -0.15) is 0 Å². The van der Waals surface area contributed by atoms with E-state index in [1.807, 2.05) is 0 Å². The van der Waals surface area contributed by atoms with Crippen LogP contribution in [-0.2, 0) is 13.0 Å². The Kier molecular flexibility index (Phi) is 3.37. The van der Waals surface area contributed by atoms with Crippen molar-refractivity contribution in [3.05, 3.63) is 41.0 Å². The minimum atomic E-state index is 1.10. The van der Waals surface area contributed by atoms with Crippen LogP contribution in [0.3, 0.4) is 0 Å². The molecule has 0 unspecified atom stereocenters. The molecular formula is C16H22N2. The fourth-order valence-corrected chi connectivity index (χ4v) is 3.01. The van der Waals surface area contributed by atoms with Crippen LogP contribution in [0.4, 0.5) is 5.69 Å². The Morgan fingerprint density at radius 1 is 1.33 bits per heavy atom. The van der Waals surface area contributed by atoms with Gasteiger partial charge in [0, 0.05) is 31.9 Å². The van der Waals surface area contributed by atoms with Gasteiger partial charge in [0.1, 0.15) is 0 Å². The first-order chi connectivity index (χ1) is 8.81. The Morgan fingerprint density at radius 3 is 3.17 bits per heavy atom. The molecule has 0 amide bonds. The average Bonchev–Trinajstić information content (AvgIpc) is 2.39. The van der Waals surface area contributed by atoms with Crippen molar-refractivity contribution < 1.29 is 0 Å². The predicted molar refractivity (Wildman–Crippen MR) is 76.9 cm³/mol. The molecule has 0 saturated carbocycles. The normalized spacial score (nSPS) is 19.9. The van der Waals surface area contributed by atoms with E-state index >= 15 is 0 Å². The van der Waals surface area contributed by atoms with E-state index in [4.69, 9.17) is 0 Å². The zero-order chi connectivity index (χ0) is 12.4. The van der Waals surface area contributed by atoms with Crippen LogP contribution in [0.1, 0.15) is 30.9 Å². The number of hydrogen-bond donors (Lipinski definition) is 1. The van der Waals surface area contributed by atoms with E-state index in [1.165, 1.54) is 48.2 Å². The highest BCUT2D eigenvalue weighted by Gasteiger charge is 2.13. The van der Waals surface area contributed by atoms with E-state index in [0.29, 0.717) is 0 Å². The van der Waals surface area contributed by atoms with Crippen molar-refractivity contribution >= 4 is 5.69 Å². The van der Waals surface area contributed by atoms with E-state index in [0.717, 1.165) is 19.6 Å². The molecule has 0 bridgehead atoms. The van der Waals surface area contributed by atoms with Gasteiger partial charge in [0.05, 0.1) is 0 Å². The second kappa shape index (κ2) is 5.15. The maximum Gasteiger partial charge on any atom is 0.0372 e. The number of hydrogen-bond acceptors (Lipinski definition) is 2. The Bertz CT molecular complexity index is 462.